The van der Waals surface area contributed by atoms with Crippen LogP contribution in [-0.4, -0.2) is 29.2 Å². The molecular weight excluding hydrogens is 312 g/mol. The minimum atomic E-state index is -1.02. The van der Waals surface area contributed by atoms with E-state index in [9.17, 15) is 9.59 Å². The molecule has 0 aliphatic carbocycles. The maximum Gasteiger partial charge on any atom is 0.303 e. The van der Waals surface area contributed by atoms with E-state index < -0.39 is 11.9 Å². The molecule has 24 heavy (non-hydrogen) atoms. The van der Waals surface area contributed by atoms with Gasteiger partial charge in [0.15, 0.2) is 5.76 Å². The summed E-state index contributed by atoms with van der Waals surface area (Å²) in [4.78, 5) is 22.3. The molecule has 0 aliphatic rings. The van der Waals surface area contributed by atoms with Crippen molar-refractivity contribution in [3.63, 3.8) is 0 Å². The number of aromatic nitrogens is 1. The highest BCUT2D eigenvalue weighted by Gasteiger charge is 2.14. The zero-order chi connectivity index (χ0) is 17.5. The Morgan fingerprint density at radius 3 is 2.58 bits per heavy atom. The molecule has 7 heteroatoms. The number of carboxylic acids is 1. The number of nitrogens with zero attached hydrogens (tertiary/aromatic N) is 1. The largest absolute Gasteiger partial charge is 0.497 e. The standard InChI is InChI=1S/C17H18N2O5/c1-11-17(18-15(20)9-10-16(21)22)14(24-19-11)8-5-12-3-6-13(23-2)7-4-12/h3-8H,9-10H2,1-2H3,(H,18,20)(H,21,22)/b8-5+. The van der Waals surface area contributed by atoms with Crippen LogP contribution in [0, 0.1) is 6.92 Å². The highest BCUT2D eigenvalue weighted by atomic mass is 16.5. The van der Waals surface area contributed by atoms with Gasteiger partial charge in [-0.2, -0.15) is 0 Å². The van der Waals surface area contributed by atoms with Gasteiger partial charge >= 0.3 is 5.97 Å². The average molecular weight is 330 g/mol. The number of aryl methyl sites for hydroxylation is 1. The lowest BCUT2D eigenvalue weighted by atomic mass is 10.2. The molecule has 1 aromatic heterocycles. The van der Waals surface area contributed by atoms with Gasteiger partial charge in [-0.05, 0) is 30.7 Å². The number of methoxy groups -OCH3 is 1. The van der Waals surface area contributed by atoms with Crippen LogP contribution in [0.25, 0.3) is 12.2 Å². The molecule has 1 heterocycles. The first-order valence-corrected chi connectivity index (χ1v) is 7.29. The highest BCUT2D eigenvalue weighted by Crippen LogP contribution is 2.23. The third kappa shape index (κ3) is 4.70. The average Bonchev–Trinajstić information content (AvgIpc) is 2.92. The molecule has 7 nitrogen and oxygen atoms in total. The van der Waals surface area contributed by atoms with E-state index in [1.807, 2.05) is 30.3 Å². The van der Waals surface area contributed by atoms with Gasteiger partial charge < -0.3 is 19.7 Å². The summed E-state index contributed by atoms with van der Waals surface area (Å²) in [6.07, 6.45) is 3.16. The van der Waals surface area contributed by atoms with Crippen LogP contribution in [0.5, 0.6) is 5.75 Å². The summed E-state index contributed by atoms with van der Waals surface area (Å²) in [5.41, 5.74) is 1.89. The van der Waals surface area contributed by atoms with Crippen LogP contribution in [0.4, 0.5) is 5.69 Å². The Hall–Kier alpha value is -3.09. The van der Waals surface area contributed by atoms with Crippen LogP contribution in [0.1, 0.15) is 29.9 Å². The number of aliphatic carboxylic acids is 1. The number of nitrogens with one attached hydrogen (secondary N) is 1. The normalized spacial score (nSPS) is 10.8. The van der Waals surface area contributed by atoms with Crippen molar-refractivity contribution in [3.05, 3.63) is 41.3 Å². The summed E-state index contributed by atoms with van der Waals surface area (Å²) in [5, 5.41) is 15.1. The van der Waals surface area contributed by atoms with Crippen molar-refractivity contribution in [2.75, 3.05) is 12.4 Å². The molecule has 2 aromatic rings. The van der Waals surface area contributed by atoms with Crippen LogP contribution < -0.4 is 10.1 Å². The summed E-state index contributed by atoms with van der Waals surface area (Å²) in [6, 6.07) is 7.42. The van der Waals surface area contributed by atoms with Gasteiger partial charge in [-0.15, -0.1) is 0 Å². The second-order valence-corrected chi connectivity index (χ2v) is 5.06. The van der Waals surface area contributed by atoms with E-state index in [4.69, 9.17) is 14.4 Å². The van der Waals surface area contributed by atoms with Crippen molar-refractivity contribution < 1.29 is 24.0 Å². The summed E-state index contributed by atoms with van der Waals surface area (Å²) in [5.74, 6) is -0.268. The number of rotatable bonds is 7. The van der Waals surface area contributed by atoms with E-state index in [1.54, 1.807) is 20.1 Å². The smallest absolute Gasteiger partial charge is 0.303 e. The third-order valence-electron chi connectivity index (χ3n) is 3.26. The number of hydrogen-bond acceptors (Lipinski definition) is 5. The van der Waals surface area contributed by atoms with Gasteiger partial charge in [0, 0.05) is 6.42 Å². The Morgan fingerprint density at radius 1 is 1.25 bits per heavy atom. The Bertz CT molecular complexity index is 747. The van der Waals surface area contributed by atoms with Crippen molar-refractivity contribution in [2.24, 2.45) is 0 Å². The zero-order valence-electron chi connectivity index (χ0n) is 13.4. The molecule has 0 radical (unpaired) electrons. The molecule has 0 spiro atoms. The van der Waals surface area contributed by atoms with Gasteiger partial charge in [0.2, 0.25) is 5.91 Å². The summed E-state index contributed by atoms with van der Waals surface area (Å²) >= 11 is 0. The number of anilines is 1. The maximum absolute atomic E-state index is 11.8. The van der Waals surface area contributed by atoms with E-state index >= 15 is 0 Å². The van der Waals surface area contributed by atoms with Crippen LogP contribution >= 0.6 is 0 Å². The summed E-state index contributed by atoms with van der Waals surface area (Å²) < 4.78 is 10.3. The number of ether oxygens (including phenoxy) is 1. The first kappa shape index (κ1) is 17.3. The number of carboxylic acid groups (broad SMARTS) is 1. The van der Waals surface area contributed by atoms with Crippen LogP contribution in [0.3, 0.4) is 0 Å². The summed E-state index contributed by atoms with van der Waals surface area (Å²) in [6.45, 7) is 1.70. The maximum atomic E-state index is 11.8. The monoisotopic (exact) mass is 330 g/mol. The van der Waals surface area contributed by atoms with Crippen molar-refractivity contribution in [1.29, 1.82) is 0 Å². The Kier molecular flexibility index (Phi) is 5.73. The SMILES string of the molecule is COc1ccc(/C=C/c2onc(C)c2NC(=O)CCC(=O)O)cc1. The quantitative estimate of drug-likeness (QED) is 0.809. The molecule has 1 amide bonds. The van der Waals surface area contributed by atoms with E-state index in [1.165, 1.54) is 0 Å². The van der Waals surface area contributed by atoms with Crippen LogP contribution in [0.2, 0.25) is 0 Å². The molecule has 0 atom stereocenters. The number of hydrogen-bond donors (Lipinski definition) is 2. The Morgan fingerprint density at radius 2 is 1.96 bits per heavy atom. The molecule has 0 aliphatic heterocycles. The summed E-state index contributed by atoms with van der Waals surface area (Å²) in [7, 11) is 1.60. The molecule has 0 unspecified atom stereocenters. The molecule has 2 rings (SSSR count). The highest BCUT2D eigenvalue weighted by molar-refractivity contribution is 5.94. The van der Waals surface area contributed by atoms with Gasteiger partial charge in [-0.25, -0.2) is 0 Å². The minimum Gasteiger partial charge on any atom is -0.497 e. The topological polar surface area (TPSA) is 102 Å². The lowest BCUT2D eigenvalue weighted by Crippen LogP contribution is -2.14. The first-order chi connectivity index (χ1) is 11.5. The van der Waals surface area contributed by atoms with Crippen molar-refractivity contribution >= 4 is 29.7 Å². The number of carbonyl (C=O) groups excluding carboxylic acids is 1. The molecule has 0 fully saturated rings. The van der Waals surface area contributed by atoms with Crippen molar-refractivity contribution in [1.82, 2.24) is 5.16 Å². The van der Waals surface area contributed by atoms with E-state index in [0.29, 0.717) is 17.1 Å². The van der Waals surface area contributed by atoms with E-state index in [2.05, 4.69) is 10.5 Å². The van der Waals surface area contributed by atoms with Gasteiger partial charge in [-0.1, -0.05) is 23.4 Å². The molecule has 0 bridgehead atoms. The third-order valence-corrected chi connectivity index (χ3v) is 3.26. The zero-order valence-corrected chi connectivity index (χ0v) is 13.4. The fraction of sp³-hybridized carbons (Fsp3) is 0.235. The number of amides is 1. The van der Waals surface area contributed by atoms with Crippen LogP contribution in [-0.2, 0) is 9.59 Å². The first-order valence-electron chi connectivity index (χ1n) is 7.29. The van der Waals surface area contributed by atoms with Gasteiger partial charge in [0.25, 0.3) is 0 Å². The fourth-order valence-electron chi connectivity index (χ4n) is 1.96. The molecule has 0 saturated heterocycles. The second-order valence-electron chi connectivity index (χ2n) is 5.06. The minimum absolute atomic E-state index is 0.110. The molecular formula is C17H18N2O5. The van der Waals surface area contributed by atoms with Gasteiger partial charge in [0.1, 0.15) is 17.1 Å². The fourth-order valence-corrected chi connectivity index (χ4v) is 1.96. The second kappa shape index (κ2) is 7.96. The Balaban J connectivity index is 2.09. The van der Waals surface area contributed by atoms with Gasteiger partial charge in [-0.3, -0.25) is 9.59 Å². The predicted molar refractivity (Wildman–Crippen MR) is 88.7 cm³/mol. The molecule has 0 saturated carbocycles. The number of benzene rings is 1. The molecule has 2 N–H and O–H groups in total. The predicted octanol–water partition coefficient (Wildman–Crippen LogP) is 2.97. The van der Waals surface area contributed by atoms with E-state index in [-0.39, 0.29) is 12.8 Å². The van der Waals surface area contributed by atoms with Gasteiger partial charge in [0.05, 0.1) is 13.5 Å². The molecule has 1 aromatic carbocycles. The number of carbonyl (C=O) groups is 2. The Labute approximate surface area is 138 Å². The molecule has 126 valence electrons. The van der Waals surface area contributed by atoms with Crippen molar-refractivity contribution in [3.8, 4) is 5.75 Å². The lowest BCUT2D eigenvalue weighted by Gasteiger charge is -2.03. The van der Waals surface area contributed by atoms with Crippen LogP contribution in [0.15, 0.2) is 28.8 Å². The van der Waals surface area contributed by atoms with E-state index in [0.717, 1.165) is 11.3 Å². The van der Waals surface area contributed by atoms with Crippen molar-refractivity contribution in [2.45, 2.75) is 19.8 Å². The lowest BCUT2D eigenvalue weighted by molar-refractivity contribution is -0.138.